The van der Waals surface area contributed by atoms with Crippen molar-refractivity contribution in [3.63, 3.8) is 0 Å². The van der Waals surface area contributed by atoms with E-state index in [-0.39, 0.29) is 25.5 Å². The van der Waals surface area contributed by atoms with Gasteiger partial charge in [0.15, 0.2) is 0 Å². The van der Waals surface area contributed by atoms with Gasteiger partial charge in [-0.1, -0.05) is 19.1 Å². The van der Waals surface area contributed by atoms with E-state index in [0.717, 1.165) is 16.9 Å². The summed E-state index contributed by atoms with van der Waals surface area (Å²) in [5.41, 5.74) is 1.06. The Hall–Kier alpha value is -3.20. The zero-order chi connectivity index (χ0) is 20.7. The van der Waals surface area contributed by atoms with Gasteiger partial charge in [0.1, 0.15) is 12.4 Å². The molecule has 2 atom stereocenters. The number of rotatable bonds is 4. The smallest absolute Gasteiger partial charge is 0.328 e. The first-order valence-electron chi connectivity index (χ1n) is 9.61. The van der Waals surface area contributed by atoms with Crippen molar-refractivity contribution >= 4 is 16.9 Å². The molecule has 152 valence electrons. The van der Waals surface area contributed by atoms with Crippen molar-refractivity contribution < 1.29 is 9.90 Å². The van der Waals surface area contributed by atoms with E-state index in [4.69, 9.17) is 0 Å². The summed E-state index contributed by atoms with van der Waals surface area (Å²) in [4.78, 5) is 45.1. The highest BCUT2D eigenvalue weighted by Gasteiger charge is 2.36. The molecule has 0 bridgehead atoms. The minimum absolute atomic E-state index is 0.114. The first-order chi connectivity index (χ1) is 13.9. The molecule has 1 amide bonds. The summed E-state index contributed by atoms with van der Waals surface area (Å²) < 4.78 is 3.20. The number of hydrogen-bond donors (Lipinski definition) is 2. The zero-order valence-corrected chi connectivity index (χ0v) is 16.3. The molecular weight excluding hydrogens is 374 g/mol. The molecule has 0 saturated carbocycles. The van der Waals surface area contributed by atoms with Crippen LogP contribution >= 0.6 is 0 Å². The Kier molecular flexibility index (Phi) is 4.83. The fourth-order valence-electron chi connectivity index (χ4n) is 3.89. The number of aromatic nitrogens is 4. The number of carbonyl (C=O) groups excluding carboxylic acids is 1. The number of fused-ring (bicyclic) bond motifs is 1. The van der Waals surface area contributed by atoms with Crippen LogP contribution in [0.2, 0.25) is 0 Å². The second-order valence-corrected chi connectivity index (χ2v) is 7.37. The van der Waals surface area contributed by atoms with Crippen molar-refractivity contribution in [1.29, 1.82) is 0 Å². The molecule has 3 aromatic rings. The second-order valence-electron chi connectivity index (χ2n) is 7.37. The molecule has 2 aromatic heterocycles. The lowest BCUT2D eigenvalue weighted by Gasteiger charge is -2.18. The number of aromatic amines is 1. The van der Waals surface area contributed by atoms with Gasteiger partial charge in [0.05, 0.1) is 23.2 Å². The van der Waals surface area contributed by atoms with Crippen molar-refractivity contribution in [2.75, 3.05) is 13.1 Å². The Bertz CT molecular complexity index is 1190. The summed E-state index contributed by atoms with van der Waals surface area (Å²) in [6.07, 6.45) is 1.23. The van der Waals surface area contributed by atoms with Gasteiger partial charge >= 0.3 is 5.69 Å². The van der Waals surface area contributed by atoms with E-state index in [1.165, 1.54) is 10.8 Å². The lowest BCUT2D eigenvalue weighted by Crippen LogP contribution is -2.37. The number of aryl methyl sites for hydroxylation is 2. The molecule has 1 aliphatic heterocycles. The van der Waals surface area contributed by atoms with Crippen LogP contribution in [0.3, 0.4) is 0 Å². The molecule has 1 aromatic carbocycles. The molecule has 9 heteroatoms. The number of nitrogens with one attached hydrogen (secondary N) is 1. The van der Waals surface area contributed by atoms with E-state index < -0.39 is 23.4 Å². The SMILES string of the molecule is CCc1nc2ccccc2n1CC(=O)N1C[C@@H](O)[C@H](n2cc(C)c(=O)[nH]c2=O)C1. The van der Waals surface area contributed by atoms with Gasteiger partial charge in [0, 0.05) is 31.3 Å². The average molecular weight is 397 g/mol. The molecule has 0 spiro atoms. The normalized spacial score (nSPS) is 19.2. The average Bonchev–Trinajstić information content (AvgIpc) is 3.25. The van der Waals surface area contributed by atoms with Gasteiger partial charge in [0.2, 0.25) is 5.91 Å². The molecule has 29 heavy (non-hydrogen) atoms. The summed E-state index contributed by atoms with van der Waals surface area (Å²) in [5.74, 6) is 0.668. The first kappa shape index (κ1) is 19.1. The predicted molar refractivity (Wildman–Crippen MR) is 107 cm³/mol. The Morgan fingerprint density at radius 2 is 2.03 bits per heavy atom. The number of aliphatic hydroxyl groups excluding tert-OH is 1. The van der Waals surface area contributed by atoms with Gasteiger partial charge < -0.3 is 14.6 Å². The summed E-state index contributed by atoms with van der Waals surface area (Å²) in [6, 6.07) is 7.05. The standard InChI is InChI=1S/C20H23N5O4/c1-3-17-21-13-6-4-5-7-14(13)24(17)11-18(27)23-9-15(16(26)10-23)25-8-12(2)19(28)22-20(25)29/h4-8,15-16,26H,3,9-11H2,1-2H3,(H,22,28,29)/t15-,16-/m1/s1. The van der Waals surface area contributed by atoms with Crippen molar-refractivity contribution in [2.24, 2.45) is 0 Å². The number of hydrogen-bond acceptors (Lipinski definition) is 5. The minimum atomic E-state index is -0.896. The third-order valence-electron chi connectivity index (χ3n) is 5.46. The fraction of sp³-hybridized carbons (Fsp3) is 0.400. The number of carbonyl (C=O) groups is 1. The van der Waals surface area contributed by atoms with Crippen LogP contribution in [-0.4, -0.2) is 54.2 Å². The summed E-state index contributed by atoms with van der Waals surface area (Å²) in [7, 11) is 0. The van der Waals surface area contributed by atoms with Crippen LogP contribution in [0, 0.1) is 6.92 Å². The number of benzene rings is 1. The first-order valence-corrected chi connectivity index (χ1v) is 9.61. The van der Waals surface area contributed by atoms with Crippen molar-refractivity contribution in [3.05, 3.63) is 62.7 Å². The van der Waals surface area contributed by atoms with Gasteiger partial charge in [0.25, 0.3) is 5.56 Å². The molecule has 9 nitrogen and oxygen atoms in total. The molecule has 0 aliphatic carbocycles. The topological polar surface area (TPSA) is 113 Å². The molecule has 3 heterocycles. The molecular formula is C20H23N5O4. The number of imidazole rings is 1. The number of β-amino-alcohol motifs (C(OH)–C–C–N with tert-alkyl or cyclic N) is 1. The Balaban J connectivity index is 1.58. The van der Waals surface area contributed by atoms with Crippen molar-refractivity contribution in [2.45, 2.75) is 39.0 Å². The number of likely N-dealkylation sites (tertiary alicyclic amines) is 1. The van der Waals surface area contributed by atoms with E-state index in [0.29, 0.717) is 12.0 Å². The van der Waals surface area contributed by atoms with Gasteiger partial charge in [-0.25, -0.2) is 9.78 Å². The zero-order valence-electron chi connectivity index (χ0n) is 16.3. The largest absolute Gasteiger partial charge is 0.389 e. The highest BCUT2D eigenvalue weighted by Crippen LogP contribution is 2.22. The maximum atomic E-state index is 13.0. The van der Waals surface area contributed by atoms with Gasteiger partial charge in [-0.2, -0.15) is 0 Å². The predicted octanol–water partition coefficient (Wildman–Crippen LogP) is 0.202. The Morgan fingerprint density at radius 1 is 1.28 bits per heavy atom. The van der Waals surface area contributed by atoms with E-state index in [9.17, 15) is 19.5 Å². The van der Waals surface area contributed by atoms with Crippen LogP contribution in [0.1, 0.15) is 24.4 Å². The van der Waals surface area contributed by atoms with Crippen LogP contribution in [0.4, 0.5) is 0 Å². The Morgan fingerprint density at radius 3 is 2.79 bits per heavy atom. The highest BCUT2D eigenvalue weighted by atomic mass is 16.3. The van der Waals surface area contributed by atoms with Crippen LogP contribution in [0.25, 0.3) is 11.0 Å². The van der Waals surface area contributed by atoms with Gasteiger partial charge in [-0.15, -0.1) is 0 Å². The molecule has 0 unspecified atom stereocenters. The van der Waals surface area contributed by atoms with Gasteiger partial charge in [-0.05, 0) is 19.1 Å². The van der Waals surface area contributed by atoms with Crippen LogP contribution in [0.5, 0.6) is 0 Å². The summed E-state index contributed by atoms with van der Waals surface area (Å²) in [5, 5.41) is 10.5. The third-order valence-corrected chi connectivity index (χ3v) is 5.46. The molecule has 1 aliphatic rings. The number of para-hydroxylation sites is 2. The van der Waals surface area contributed by atoms with Gasteiger partial charge in [-0.3, -0.25) is 19.1 Å². The quantitative estimate of drug-likeness (QED) is 0.653. The molecule has 1 saturated heterocycles. The monoisotopic (exact) mass is 397 g/mol. The maximum Gasteiger partial charge on any atom is 0.328 e. The van der Waals surface area contributed by atoms with E-state index in [1.807, 2.05) is 35.8 Å². The van der Waals surface area contributed by atoms with Crippen LogP contribution in [0.15, 0.2) is 40.1 Å². The highest BCUT2D eigenvalue weighted by molar-refractivity contribution is 5.81. The third kappa shape index (κ3) is 3.38. The number of amides is 1. The number of aliphatic hydroxyl groups is 1. The molecule has 0 radical (unpaired) electrons. The van der Waals surface area contributed by atoms with E-state index in [1.54, 1.807) is 11.8 Å². The second kappa shape index (κ2) is 7.32. The molecule has 2 N–H and O–H groups in total. The summed E-state index contributed by atoms with van der Waals surface area (Å²) in [6.45, 7) is 4.02. The van der Waals surface area contributed by atoms with Crippen molar-refractivity contribution in [3.8, 4) is 0 Å². The Labute approximate surface area is 166 Å². The van der Waals surface area contributed by atoms with Crippen LogP contribution in [-0.2, 0) is 17.8 Å². The van der Waals surface area contributed by atoms with Crippen molar-refractivity contribution in [1.82, 2.24) is 24.0 Å². The van der Waals surface area contributed by atoms with E-state index in [2.05, 4.69) is 9.97 Å². The number of nitrogens with zero attached hydrogens (tertiary/aromatic N) is 4. The number of H-pyrrole nitrogens is 1. The summed E-state index contributed by atoms with van der Waals surface area (Å²) >= 11 is 0. The minimum Gasteiger partial charge on any atom is -0.389 e. The molecule has 4 rings (SSSR count). The van der Waals surface area contributed by atoms with Crippen LogP contribution < -0.4 is 11.2 Å². The fourth-order valence-corrected chi connectivity index (χ4v) is 3.89. The lowest BCUT2D eigenvalue weighted by atomic mass is 10.2. The lowest BCUT2D eigenvalue weighted by molar-refractivity contribution is -0.131. The van der Waals surface area contributed by atoms with E-state index >= 15 is 0 Å². The maximum absolute atomic E-state index is 13.0. The molecule has 1 fully saturated rings.